The molecule has 0 unspecified atom stereocenters. The van der Waals surface area contributed by atoms with Gasteiger partial charge in [0.05, 0.1) is 5.60 Å². The van der Waals surface area contributed by atoms with Crippen LogP contribution in [0.5, 0.6) is 0 Å². The van der Waals surface area contributed by atoms with Crippen molar-refractivity contribution in [1.29, 1.82) is 0 Å². The molecule has 0 aliphatic heterocycles. The van der Waals surface area contributed by atoms with E-state index in [-0.39, 0.29) is 29.3 Å². The van der Waals surface area contributed by atoms with Gasteiger partial charge in [-0.05, 0) is 63.7 Å². The molecule has 7 atom stereocenters. The van der Waals surface area contributed by atoms with Gasteiger partial charge in [0.25, 0.3) is 0 Å². The second-order valence-corrected chi connectivity index (χ2v) is 9.21. The van der Waals surface area contributed by atoms with Gasteiger partial charge in [-0.15, -0.1) is 0 Å². The van der Waals surface area contributed by atoms with Crippen LogP contribution in [0.15, 0.2) is 23.3 Å². The molecule has 3 fully saturated rings. The topological polar surface area (TPSA) is 46.5 Å². The highest BCUT2D eigenvalue weighted by Gasteiger charge is 2.77. The fourth-order valence-electron chi connectivity index (χ4n) is 6.34. The molecule has 3 rings (SSSR count). The summed E-state index contributed by atoms with van der Waals surface area (Å²) in [5, 5.41) is 11.5. The summed E-state index contributed by atoms with van der Waals surface area (Å²) in [4.78, 5) is 11.4. The molecule has 3 saturated carbocycles. The highest BCUT2D eigenvalue weighted by molar-refractivity contribution is 5.66. The van der Waals surface area contributed by atoms with E-state index in [4.69, 9.17) is 4.74 Å². The largest absolute Gasteiger partial charge is 0.462 e. The molecule has 140 valence electrons. The minimum Gasteiger partial charge on any atom is -0.462 e. The van der Waals surface area contributed by atoms with E-state index in [1.807, 2.05) is 0 Å². The van der Waals surface area contributed by atoms with Gasteiger partial charge in [0, 0.05) is 18.8 Å². The number of esters is 1. The zero-order valence-corrected chi connectivity index (χ0v) is 16.6. The van der Waals surface area contributed by atoms with Crippen LogP contribution in [0.4, 0.5) is 0 Å². The van der Waals surface area contributed by atoms with Crippen LogP contribution in [0.3, 0.4) is 0 Å². The molecule has 3 heteroatoms. The Morgan fingerprint density at radius 1 is 1.20 bits per heavy atom. The fourth-order valence-corrected chi connectivity index (χ4v) is 6.34. The van der Waals surface area contributed by atoms with Crippen LogP contribution in [-0.4, -0.2) is 22.8 Å². The third-order valence-corrected chi connectivity index (χ3v) is 7.60. The Kier molecular flexibility index (Phi) is 4.68. The van der Waals surface area contributed by atoms with Gasteiger partial charge >= 0.3 is 5.97 Å². The van der Waals surface area contributed by atoms with Crippen molar-refractivity contribution in [1.82, 2.24) is 0 Å². The standard InChI is InChI=1S/C22H34O3/c1-13(2)8-7-9-14(3)17-10-11-21(6)20(17)19-15(4)18(25-16(5)23)12-22(19,21)24/h8-9,15,17-20,24H,7,10-12H2,1-6H3/b14-9-/t15-,17+,18+,19-,20+,21+,22+/m0/s1. The minimum absolute atomic E-state index is 0.0307. The average molecular weight is 347 g/mol. The molecular formula is C22H34O3. The molecule has 1 N–H and O–H groups in total. The third kappa shape index (κ3) is 2.70. The Hall–Kier alpha value is -1.09. The van der Waals surface area contributed by atoms with Gasteiger partial charge in [0.15, 0.2) is 0 Å². The maximum Gasteiger partial charge on any atom is 0.302 e. The van der Waals surface area contributed by atoms with Crippen LogP contribution < -0.4 is 0 Å². The summed E-state index contributed by atoms with van der Waals surface area (Å²) in [5.41, 5.74) is 2.13. The van der Waals surface area contributed by atoms with Gasteiger partial charge in [-0.2, -0.15) is 0 Å². The minimum atomic E-state index is -0.661. The van der Waals surface area contributed by atoms with Gasteiger partial charge in [-0.3, -0.25) is 4.79 Å². The molecule has 0 heterocycles. The first-order valence-corrected chi connectivity index (χ1v) is 9.81. The van der Waals surface area contributed by atoms with Crippen molar-refractivity contribution < 1.29 is 14.6 Å². The van der Waals surface area contributed by atoms with Crippen molar-refractivity contribution in [2.24, 2.45) is 29.1 Å². The summed E-state index contributed by atoms with van der Waals surface area (Å²) in [5.74, 6) is 1.32. The number of aliphatic hydroxyl groups is 1. The van der Waals surface area contributed by atoms with Crippen molar-refractivity contribution in [3.63, 3.8) is 0 Å². The van der Waals surface area contributed by atoms with E-state index in [1.54, 1.807) is 0 Å². The summed E-state index contributed by atoms with van der Waals surface area (Å²) in [6, 6.07) is 0. The van der Waals surface area contributed by atoms with Gasteiger partial charge in [-0.25, -0.2) is 0 Å². The average Bonchev–Trinajstić information content (AvgIpc) is 2.92. The number of carbonyl (C=O) groups excluding carboxylic acids is 1. The predicted octanol–water partition coefficient (Wildman–Crippen LogP) is 4.65. The lowest BCUT2D eigenvalue weighted by Gasteiger charge is -2.63. The van der Waals surface area contributed by atoms with Crippen molar-refractivity contribution in [2.45, 2.75) is 78.9 Å². The zero-order chi connectivity index (χ0) is 18.6. The van der Waals surface area contributed by atoms with Crippen LogP contribution in [0, 0.1) is 29.1 Å². The first kappa shape index (κ1) is 18.7. The van der Waals surface area contributed by atoms with E-state index in [2.05, 4.69) is 46.8 Å². The van der Waals surface area contributed by atoms with Crippen LogP contribution in [0.1, 0.15) is 67.2 Å². The number of hydrogen-bond acceptors (Lipinski definition) is 3. The van der Waals surface area contributed by atoms with Crippen LogP contribution >= 0.6 is 0 Å². The van der Waals surface area contributed by atoms with Gasteiger partial charge < -0.3 is 9.84 Å². The number of fused-ring (bicyclic) bond motifs is 4. The molecule has 0 bridgehead atoms. The molecular weight excluding hydrogens is 312 g/mol. The van der Waals surface area contributed by atoms with Crippen molar-refractivity contribution in [2.75, 3.05) is 0 Å². The van der Waals surface area contributed by atoms with Crippen molar-refractivity contribution in [3.8, 4) is 0 Å². The molecule has 0 spiro atoms. The van der Waals surface area contributed by atoms with E-state index >= 15 is 0 Å². The highest BCUT2D eigenvalue weighted by atomic mass is 16.5. The monoisotopic (exact) mass is 346 g/mol. The molecule has 0 saturated heterocycles. The Bertz CT molecular complexity index is 615. The van der Waals surface area contributed by atoms with E-state index < -0.39 is 5.60 Å². The lowest BCUT2D eigenvalue weighted by molar-refractivity contribution is -0.241. The molecule has 25 heavy (non-hydrogen) atoms. The molecule has 0 aromatic carbocycles. The van der Waals surface area contributed by atoms with E-state index in [1.165, 1.54) is 24.5 Å². The predicted molar refractivity (Wildman–Crippen MR) is 99.9 cm³/mol. The first-order valence-electron chi connectivity index (χ1n) is 9.81. The van der Waals surface area contributed by atoms with Gasteiger partial charge in [0.2, 0.25) is 0 Å². The first-order chi connectivity index (χ1) is 11.6. The molecule has 0 aromatic rings. The molecule has 0 aromatic heterocycles. The number of carbonyl (C=O) groups is 1. The maximum absolute atomic E-state index is 11.5. The summed E-state index contributed by atoms with van der Waals surface area (Å²) >= 11 is 0. The Labute approximate surface area is 152 Å². The quantitative estimate of drug-likeness (QED) is 0.595. The summed E-state index contributed by atoms with van der Waals surface area (Å²) < 4.78 is 5.55. The lowest BCUT2D eigenvalue weighted by atomic mass is 9.44. The fraction of sp³-hybridized carbons (Fsp3) is 0.773. The van der Waals surface area contributed by atoms with Crippen molar-refractivity contribution in [3.05, 3.63) is 23.3 Å². The zero-order valence-electron chi connectivity index (χ0n) is 16.6. The lowest BCUT2D eigenvalue weighted by Crippen LogP contribution is -2.67. The molecule has 3 aliphatic carbocycles. The second kappa shape index (κ2) is 6.26. The Morgan fingerprint density at radius 2 is 1.88 bits per heavy atom. The maximum atomic E-state index is 11.5. The van der Waals surface area contributed by atoms with Crippen LogP contribution in [-0.2, 0) is 9.53 Å². The Morgan fingerprint density at radius 3 is 2.48 bits per heavy atom. The highest BCUT2D eigenvalue weighted by Crippen LogP contribution is 2.75. The van der Waals surface area contributed by atoms with Crippen molar-refractivity contribution >= 4 is 5.97 Å². The summed E-state index contributed by atoms with van der Waals surface area (Å²) in [6.07, 6.45) is 8.34. The number of ether oxygens (including phenoxy) is 1. The SMILES string of the molecule is CC(=O)O[C@@H]1C[C@@]2(O)[C@@H]([C@H]1C)[C@H]1[C@@H](/C(C)=C\CC=C(C)C)CC[C@]12C. The van der Waals surface area contributed by atoms with E-state index in [0.29, 0.717) is 18.3 Å². The van der Waals surface area contributed by atoms with E-state index in [9.17, 15) is 9.90 Å². The summed E-state index contributed by atoms with van der Waals surface area (Å²) in [7, 11) is 0. The third-order valence-electron chi connectivity index (χ3n) is 7.60. The molecule has 0 amide bonds. The smallest absolute Gasteiger partial charge is 0.302 e. The molecule has 0 radical (unpaired) electrons. The second-order valence-electron chi connectivity index (χ2n) is 9.21. The van der Waals surface area contributed by atoms with Gasteiger partial charge in [0.1, 0.15) is 6.10 Å². The van der Waals surface area contributed by atoms with Gasteiger partial charge in [-0.1, -0.05) is 37.1 Å². The molecule has 3 nitrogen and oxygen atoms in total. The normalized spacial score (nSPS) is 45.4. The van der Waals surface area contributed by atoms with Crippen LogP contribution in [0.25, 0.3) is 0 Å². The number of allylic oxidation sites excluding steroid dienone is 4. The summed E-state index contributed by atoms with van der Waals surface area (Å²) in [6.45, 7) is 12.4. The number of rotatable bonds is 4. The molecule has 3 aliphatic rings. The van der Waals surface area contributed by atoms with E-state index in [0.717, 1.165) is 12.8 Å². The number of hydrogen-bond donors (Lipinski definition) is 1. The van der Waals surface area contributed by atoms with Crippen LogP contribution in [0.2, 0.25) is 0 Å². The Balaban J connectivity index is 1.81.